The first kappa shape index (κ1) is 15.9. The highest BCUT2D eigenvalue weighted by atomic mass is 32.2. The molecular weight excluding hydrogens is 250 g/mol. The maximum atomic E-state index is 11.9. The van der Waals surface area contributed by atoms with E-state index in [2.05, 4.69) is 4.72 Å². The number of sulfonamides is 1. The number of aliphatic hydroxyl groups is 1. The lowest BCUT2D eigenvalue weighted by Gasteiger charge is -2.30. The third-order valence-corrected chi connectivity index (χ3v) is 5.24. The molecule has 1 rings (SSSR count). The SMILES string of the molecule is CCCCS(=O)(=O)NC(CCO)C1CCCCC1. The van der Waals surface area contributed by atoms with Crippen LogP contribution < -0.4 is 4.72 Å². The van der Waals surface area contributed by atoms with Gasteiger partial charge in [-0.1, -0.05) is 32.6 Å². The normalized spacial score (nSPS) is 19.9. The summed E-state index contributed by atoms with van der Waals surface area (Å²) in [5.41, 5.74) is 0. The first-order valence-corrected chi connectivity index (χ1v) is 8.85. The highest BCUT2D eigenvalue weighted by Crippen LogP contribution is 2.28. The van der Waals surface area contributed by atoms with Crippen molar-refractivity contribution >= 4 is 10.0 Å². The lowest BCUT2D eigenvalue weighted by Crippen LogP contribution is -2.42. The number of hydrogen-bond donors (Lipinski definition) is 2. The fourth-order valence-corrected chi connectivity index (χ4v) is 4.25. The van der Waals surface area contributed by atoms with Gasteiger partial charge in [0.05, 0.1) is 5.75 Å². The summed E-state index contributed by atoms with van der Waals surface area (Å²) in [4.78, 5) is 0. The monoisotopic (exact) mass is 277 g/mol. The number of rotatable bonds is 8. The molecule has 0 aliphatic heterocycles. The summed E-state index contributed by atoms with van der Waals surface area (Å²) in [6, 6.07) is -0.0721. The summed E-state index contributed by atoms with van der Waals surface area (Å²) in [6.45, 7) is 2.04. The van der Waals surface area contributed by atoms with Crippen molar-refractivity contribution in [3.63, 3.8) is 0 Å². The minimum Gasteiger partial charge on any atom is -0.396 e. The average molecular weight is 277 g/mol. The van der Waals surface area contributed by atoms with E-state index < -0.39 is 10.0 Å². The largest absolute Gasteiger partial charge is 0.396 e. The second-order valence-electron chi connectivity index (χ2n) is 5.31. The topological polar surface area (TPSA) is 66.4 Å². The third kappa shape index (κ3) is 5.67. The maximum absolute atomic E-state index is 11.9. The predicted molar refractivity (Wildman–Crippen MR) is 73.9 cm³/mol. The van der Waals surface area contributed by atoms with Crippen molar-refractivity contribution in [3.8, 4) is 0 Å². The van der Waals surface area contributed by atoms with E-state index >= 15 is 0 Å². The molecule has 0 saturated heterocycles. The Morgan fingerprint density at radius 2 is 1.94 bits per heavy atom. The van der Waals surface area contributed by atoms with Gasteiger partial charge in [0.2, 0.25) is 10.0 Å². The molecule has 0 aromatic heterocycles. The molecule has 1 saturated carbocycles. The molecule has 0 radical (unpaired) electrons. The fourth-order valence-electron chi connectivity index (χ4n) is 2.69. The zero-order valence-electron chi connectivity index (χ0n) is 11.4. The second-order valence-corrected chi connectivity index (χ2v) is 7.18. The molecule has 4 nitrogen and oxygen atoms in total. The van der Waals surface area contributed by atoms with Crippen LogP contribution in [0.5, 0.6) is 0 Å². The molecule has 1 aliphatic carbocycles. The van der Waals surface area contributed by atoms with Crippen LogP contribution in [0, 0.1) is 5.92 Å². The first-order chi connectivity index (χ1) is 8.59. The van der Waals surface area contributed by atoms with Gasteiger partial charge >= 0.3 is 0 Å². The van der Waals surface area contributed by atoms with Gasteiger partial charge in [-0.25, -0.2) is 13.1 Å². The Hall–Kier alpha value is -0.130. The first-order valence-electron chi connectivity index (χ1n) is 7.20. The molecular formula is C13H27NO3S. The van der Waals surface area contributed by atoms with E-state index in [-0.39, 0.29) is 18.4 Å². The Bertz CT molecular complexity index is 310. The summed E-state index contributed by atoms with van der Waals surface area (Å²) in [6.07, 6.45) is 7.91. The fraction of sp³-hybridized carbons (Fsp3) is 1.00. The van der Waals surface area contributed by atoms with E-state index in [1.54, 1.807) is 0 Å². The van der Waals surface area contributed by atoms with Gasteiger partial charge in [-0.05, 0) is 31.6 Å². The quantitative estimate of drug-likeness (QED) is 0.713. The smallest absolute Gasteiger partial charge is 0.211 e. The Labute approximate surface area is 111 Å². The molecule has 1 fully saturated rings. The highest BCUT2D eigenvalue weighted by molar-refractivity contribution is 7.89. The van der Waals surface area contributed by atoms with Crippen LogP contribution in [0.3, 0.4) is 0 Å². The van der Waals surface area contributed by atoms with E-state index in [4.69, 9.17) is 5.11 Å². The minimum absolute atomic E-state index is 0.0530. The van der Waals surface area contributed by atoms with Crippen molar-refractivity contribution in [1.29, 1.82) is 0 Å². The number of aliphatic hydroxyl groups excluding tert-OH is 1. The molecule has 1 aliphatic rings. The van der Waals surface area contributed by atoms with E-state index in [1.165, 1.54) is 19.3 Å². The molecule has 0 amide bonds. The van der Waals surface area contributed by atoms with Gasteiger partial charge in [-0.15, -0.1) is 0 Å². The summed E-state index contributed by atoms with van der Waals surface area (Å²) in [5.74, 6) is 0.611. The van der Waals surface area contributed by atoms with Crippen molar-refractivity contribution in [1.82, 2.24) is 4.72 Å². The van der Waals surface area contributed by atoms with Gasteiger partial charge in [-0.3, -0.25) is 0 Å². The summed E-state index contributed by atoms with van der Waals surface area (Å²) in [7, 11) is -3.18. The Kier molecular flexibility index (Phi) is 7.19. The molecule has 1 atom stereocenters. The molecule has 0 aromatic rings. The van der Waals surface area contributed by atoms with E-state index in [0.29, 0.717) is 18.8 Å². The minimum atomic E-state index is -3.18. The zero-order valence-corrected chi connectivity index (χ0v) is 12.2. The molecule has 0 spiro atoms. The lowest BCUT2D eigenvalue weighted by atomic mass is 9.83. The van der Waals surface area contributed by atoms with Crippen LogP contribution in [0.15, 0.2) is 0 Å². The molecule has 5 heteroatoms. The second kappa shape index (κ2) is 8.12. The van der Waals surface area contributed by atoms with Crippen molar-refractivity contribution in [2.75, 3.05) is 12.4 Å². The van der Waals surface area contributed by atoms with Gasteiger partial charge in [0.15, 0.2) is 0 Å². The van der Waals surface area contributed by atoms with Crippen LogP contribution in [-0.2, 0) is 10.0 Å². The summed E-state index contributed by atoms with van der Waals surface area (Å²) in [5, 5.41) is 9.11. The van der Waals surface area contributed by atoms with Gasteiger partial charge in [0, 0.05) is 12.6 Å². The van der Waals surface area contributed by atoms with Crippen LogP contribution in [0.4, 0.5) is 0 Å². The zero-order chi connectivity index (χ0) is 13.4. The van der Waals surface area contributed by atoms with Crippen LogP contribution in [0.25, 0.3) is 0 Å². The summed E-state index contributed by atoms with van der Waals surface area (Å²) < 4.78 is 26.7. The lowest BCUT2D eigenvalue weighted by molar-refractivity contribution is 0.221. The number of hydrogen-bond acceptors (Lipinski definition) is 3. The molecule has 1 unspecified atom stereocenters. The number of unbranched alkanes of at least 4 members (excludes halogenated alkanes) is 1. The molecule has 108 valence electrons. The van der Waals surface area contributed by atoms with Gasteiger partial charge in [-0.2, -0.15) is 0 Å². The van der Waals surface area contributed by atoms with E-state index in [0.717, 1.165) is 19.3 Å². The maximum Gasteiger partial charge on any atom is 0.211 e. The molecule has 2 N–H and O–H groups in total. The van der Waals surface area contributed by atoms with E-state index in [1.807, 2.05) is 6.92 Å². The van der Waals surface area contributed by atoms with Crippen LogP contribution in [-0.4, -0.2) is 31.9 Å². The van der Waals surface area contributed by atoms with Crippen LogP contribution in [0.2, 0.25) is 0 Å². The molecule has 0 heterocycles. The average Bonchev–Trinajstić information content (AvgIpc) is 2.37. The number of nitrogens with one attached hydrogen (secondary N) is 1. The Morgan fingerprint density at radius 3 is 2.50 bits per heavy atom. The molecule has 0 aromatic carbocycles. The van der Waals surface area contributed by atoms with Crippen molar-refractivity contribution in [2.45, 2.75) is 64.3 Å². The van der Waals surface area contributed by atoms with Crippen LogP contribution >= 0.6 is 0 Å². The van der Waals surface area contributed by atoms with Gasteiger partial charge in [0.1, 0.15) is 0 Å². The van der Waals surface area contributed by atoms with Crippen LogP contribution in [0.1, 0.15) is 58.3 Å². The Balaban J connectivity index is 2.55. The Morgan fingerprint density at radius 1 is 1.28 bits per heavy atom. The third-order valence-electron chi connectivity index (χ3n) is 3.76. The molecule has 0 bridgehead atoms. The van der Waals surface area contributed by atoms with Gasteiger partial charge in [0.25, 0.3) is 0 Å². The standard InChI is InChI=1S/C13H27NO3S/c1-2-3-11-18(16,17)14-13(9-10-15)12-7-5-4-6-8-12/h12-15H,2-11H2,1H3. The van der Waals surface area contributed by atoms with Crippen molar-refractivity contribution in [2.24, 2.45) is 5.92 Å². The van der Waals surface area contributed by atoms with Gasteiger partial charge < -0.3 is 5.11 Å². The summed E-state index contributed by atoms with van der Waals surface area (Å²) >= 11 is 0. The molecule has 18 heavy (non-hydrogen) atoms. The predicted octanol–water partition coefficient (Wildman–Crippen LogP) is 2.04. The van der Waals surface area contributed by atoms with Crippen molar-refractivity contribution < 1.29 is 13.5 Å². The van der Waals surface area contributed by atoms with Crippen molar-refractivity contribution in [3.05, 3.63) is 0 Å². The van der Waals surface area contributed by atoms with E-state index in [9.17, 15) is 8.42 Å². The highest BCUT2D eigenvalue weighted by Gasteiger charge is 2.26.